The second-order valence-electron chi connectivity index (χ2n) is 6.31. The van der Waals surface area contributed by atoms with Gasteiger partial charge in [-0.05, 0) is 52.7 Å². The first-order valence-electron chi connectivity index (χ1n) is 9.30. The van der Waals surface area contributed by atoms with Gasteiger partial charge in [0.15, 0.2) is 11.5 Å². The van der Waals surface area contributed by atoms with Crippen LogP contribution in [0.4, 0.5) is 0 Å². The molecular weight excluding hydrogens is 420 g/mol. The molecule has 2 heterocycles. The molecule has 0 radical (unpaired) electrons. The summed E-state index contributed by atoms with van der Waals surface area (Å²) < 4.78 is 13.4. The van der Waals surface area contributed by atoms with Gasteiger partial charge in [0.2, 0.25) is 0 Å². The van der Waals surface area contributed by atoms with Crippen molar-refractivity contribution < 1.29 is 9.47 Å². The molecule has 0 N–H and O–H groups in total. The summed E-state index contributed by atoms with van der Waals surface area (Å²) in [7, 11) is 1.63. The van der Waals surface area contributed by atoms with E-state index in [1.165, 1.54) is 4.40 Å². The summed E-state index contributed by atoms with van der Waals surface area (Å²) in [6.07, 6.45) is 8.66. The highest BCUT2D eigenvalue weighted by atomic mass is 79.9. The molecule has 0 saturated carbocycles. The first-order valence-corrected chi connectivity index (χ1v) is 10.1. The second-order valence-corrected chi connectivity index (χ2v) is 7.11. The van der Waals surface area contributed by atoms with Crippen molar-refractivity contribution in [2.75, 3.05) is 13.7 Å². The van der Waals surface area contributed by atoms with Gasteiger partial charge in [-0.1, -0.05) is 38.0 Å². The number of unbranched alkanes of at least 4 members (excludes halogenated alkanes) is 2. The van der Waals surface area contributed by atoms with E-state index in [1.807, 2.05) is 36.4 Å². The van der Waals surface area contributed by atoms with E-state index < -0.39 is 0 Å². The van der Waals surface area contributed by atoms with E-state index in [9.17, 15) is 4.79 Å². The number of nitrogens with zero attached hydrogens (tertiary/aromatic N) is 2. The number of aromatic nitrogens is 2. The Morgan fingerprint density at radius 3 is 2.79 bits per heavy atom. The van der Waals surface area contributed by atoms with Gasteiger partial charge in [-0.3, -0.25) is 9.20 Å². The minimum Gasteiger partial charge on any atom is -0.493 e. The van der Waals surface area contributed by atoms with E-state index in [1.54, 1.807) is 25.4 Å². The van der Waals surface area contributed by atoms with Crippen LogP contribution in [0.5, 0.6) is 11.5 Å². The van der Waals surface area contributed by atoms with Crippen molar-refractivity contribution in [3.63, 3.8) is 0 Å². The number of benzene rings is 1. The van der Waals surface area contributed by atoms with Crippen molar-refractivity contribution in [2.45, 2.75) is 26.2 Å². The van der Waals surface area contributed by atoms with Crippen molar-refractivity contribution in [3.05, 3.63) is 68.7 Å². The van der Waals surface area contributed by atoms with Gasteiger partial charge in [-0.25, -0.2) is 4.98 Å². The quantitative estimate of drug-likeness (QED) is 0.449. The van der Waals surface area contributed by atoms with Crippen LogP contribution < -0.4 is 15.0 Å². The predicted molar refractivity (Wildman–Crippen MR) is 116 cm³/mol. The topological polar surface area (TPSA) is 52.8 Å². The Morgan fingerprint density at radius 1 is 1.14 bits per heavy atom. The molecule has 0 spiro atoms. The number of rotatable bonds is 8. The maximum atomic E-state index is 12.5. The lowest BCUT2D eigenvalue weighted by Gasteiger charge is -2.13. The van der Waals surface area contributed by atoms with Crippen LogP contribution in [0.15, 0.2) is 51.9 Å². The van der Waals surface area contributed by atoms with Crippen molar-refractivity contribution in [2.24, 2.45) is 0 Å². The molecule has 0 aliphatic heterocycles. The zero-order valence-corrected chi connectivity index (χ0v) is 17.6. The minimum atomic E-state index is -0.146. The van der Waals surface area contributed by atoms with Gasteiger partial charge >= 0.3 is 0 Å². The standard InChI is InChI=1S/C22H23BrN2O3/c1-3-4-7-15-28-21-16(9-8-10-18(21)27-2)12-13-17-20(23)22(26)25-14-6-5-11-19(25)24-17/h5-6,8-14H,3-4,7,15H2,1-2H3. The molecule has 0 unspecified atom stereocenters. The van der Waals surface area contributed by atoms with Crippen molar-refractivity contribution in [1.29, 1.82) is 0 Å². The molecule has 3 rings (SSSR count). The number of fused-ring (bicyclic) bond motifs is 1. The van der Waals surface area contributed by atoms with Gasteiger partial charge in [0.05, 0.1) is 19.4 Å². The lowest BCUT2D eigenvalue weighted by atomic mass is 10.1. The molecule has 28 heavy (non-hydrogen) atoms. The number of para-hydroxylation sites is 1. The fourth-order valence-corrected chi connectivity index (χ4v) is 3.28. The first kappa shape index (κ1) is 20.1. The molecule has 0 amide bonds. The average molecular weight is 443 g/mol. The normalized spacial score (nSPS) is 11.2. The first-order chi connectivity index (χ1) is 13.7. The number of methoxy groups -OCH3 is 1. The Morgan fingerprint density at radius 2 is 2.00 bits per heavy atom. The van der Waals surface area contributed by atoms with Gasteiger partial charge in [-0.15, -0.1) is 0 Å². The Hall–Kier alpha value is -2.60. The van der Waals surface area contributed by atoms with Crippen LogP contribution in [-0.2, 0) is 0 Å². The second kappa shape index (κ2) is 9.55. The zero-order valence-electron chi connectivity index (χ0n) is 16.0. The number of pyridine rings is 1. The monoisotopic (exact) mass is 442 g/mol. The SMILES string of the molecule is CCCCCOc1c(C=Cc2nc3ccccn3c(=O)c2Br)cccc1OC. The Balaban J connectivity index is 1.95. The fraction of sp³-hybridized carbons (Fsp3) is 0.273. The molecule has 5 nitrogen and oxygen atoms in total. The highest BCUT2D eigenvalue weighted by Crippen LogP contribution is 2.32. The van der Waals surface area contributed by atoms with Gasteiger partial charge in [0.25, 0.3) is 5.56 Å². The van der Waals surface area contributed by atoms with E-state index in [4.69, 9.17) is 9.47 Å². The molecule has 0 aliphatic rings. The minimum absolute atomic E-state index is 0.146. The summed E-state index contributed by atoms with van der Waals surface area (Å²) in [6, 6.07) is 11.2. The molecule has 0 aliphatic carbocycles. The van der Waals surface area contributed by atoms with Crippen LogP contribution in [0.3, 0.4) is 0 Å². The molecule has 6 heteroatoms. The Labute approximate surface area is 172 Å². The Kier molecular flexibility index (Phi) is 6.87. The third-order valence-corrected chi connectivity index (χ3v) is 5.09. The van der Waals surface area contributed by atoms with Crippen molar-refractivity contribution >= 4 is 33.7 Å². The smallest absolute Gasteiger partial charge is 0.272 e. The molecule has 146 valence electrons. The van der Waals surface area contributed by atoms with E-state index in [0.717, 1.165) is 24.8 Å². The van der Waals surface area contributed by atoms with E-state index in [2.05, 4.69) is 27.8 Å². The van der Waals surface area contributed by atoms with Crippen LogP contribution in [0.25, 0.3) is 17.8 Å². The molecule has 3 aromatic rings. The fourth-order valence-electron chi connectivity index (χ4n) is 2.87. The van der Waals surface area contributed by atoms with Crippen LogP contribution >= 0.6 is 15.9 Å². The molecule has 0 atom stereocenters. The summed E-state index contributed by atoms with van der Waals surface area (Å²) >= 11 is 3.38. The Bertz CT molecular complexity index is 1040. The largest absolute Gasteiger partial charge is 0.493 e. The summed E-state index contributed by atoms with van der Waals surface area (Å²) in [5.41, 5.74) is 1.89. The zero-order chi connectivity index (χ0) is 19.9. The van der Waals surface area contributed by atoms with Gasteiger partial charge in [0.1, 0.15) is 10.1 Å². The van der Waals surface area contributed by atoms with Crippen LogP contribution in [0, 0.1) is 0 Å². The number of hydrogen-bond donors (Lipinski definition) is 0. The number of ether oxygens (including phenoxy) is 2. The highest BCUT2D eigenvalue weighted by Gasteiger charge is 2.11. The van der Waals surface area contributed by atoms with Crippen LogP contribution in [0.2, 0.25) is 0 Å². The highest BCUT2D eigenvalue weighted by molar-refractivity contribution is 9.10. The molecule has 1 aromatic carbocycles. The summed E-state index contributed by atoms with van der Waals surface area (Å²) in [5, 5.41) is 0. The van der Waals surface area contributed by atoms with Crippen molar-refractivity contribution in [3.8, 4) is 11.5 Å². The summed E-state index contributed by atoms with van der Waals surface area (Å²) in [4.78, 5) is 17.1. The van der Waals surface area contributed by atoms with E-state index >= 15 is 0 Å². The van der Waals surface area contributed by atoms with Gasteiger partial charge in [-0.2, -0.15) is 0 Å². The van der Waals surface area contributed by atoms with E-state index in [0.29, 0.717) is 33.9 Å². The van der Waals surface area contributed by atoms with Gasteiger partial charge < -0.3 is 9.47 Å². The van der Waals surface area contributed by atoms with Gasteiger partial charge in [0, 0.05) is 11.8 Å². The lowest BCUT2D eigenvalue weighted by molar-refractivity contribution is 0.285. The number of hydrogen-bond acceptors (Lipinski definition) is 4. The lowest BCUT2D eigenvalue weighted by Crippen LogP contribution is -2.16. The van der Waals surface area contributed by atoms with Crippen molar-refractivity contribution in [1.82, 2.24) is 9.38 Å². The molecule has 0 bridgehead atoms. The third-order valence-electron chi connectivity index (χ3n) is 4.35. The molecule has 0 fully saturated rings. The predicted octanol–water partition coefficient (Wildman–Crippen LogP) is 5.21. The number of halogens is 1. The van der Waals surface area contributed by atoms with Crippen LogP contribution in [-0.4, -0.2) is 23.1 Å². The molecule has 2 aromatic heterocycles. The van der Waals surface area contributed by atoms with Crippen LogP contribution in [0.1, 0.15) is 37.4 Å². The maximum Gasteiger partial charge on any atom is 0.272 e. The summed E-state index contributed by atoms with van der Waals surface area (Å²) in [6.45, 7) is 2.79. The summed E-state index contributed by atoms with van der Waals surface area (Å²) in [5.74, 6) is 1.38. The average Bonchev–Trinajstić information content (AvgIpc) is 2.73. The van der Waals surface area contributed by atoms with E-state index in [-0.39, 0.29) is 5.56 Å². The maximum absolute atomic E-state index is 12.5. The third kappa shape index (κ3) is 4.44. The molecular formula is C22H23BrN2O3. The molecule has 0 saturated heterocycles.